The summed E-state index contributed by atoms with van der Waals surface area (Å²) in [6.45, 7) is 2.87. The molecule has 2 rings (SSSR count). The predicted octanol–water partition coefficient (Wildman–Crippen LogP) is 0.906. The molecule has 0 spiro atoms. The molecule has 0 saturated carbocycles. The molecule has 1 atom stereocenters. The molecule has 1 saturated heterocycles. The maximum atomic E-state index is 11.8. The first-order chi connectivity index (χ1) is 8.65. The van der Waals surface area contributed by atoms with E-state index in [0.29, 0.717) is 16.0 Å². The molecule has 0 aromatic carbocycles. The van der Waals surface area contributed by atoms with Crippen LogP contribution in [-0.2, 0) is 9.53 Å². The molecule has 1 unspecified atom stereocenters. The minimum atomic E-state index is -0.326. The van der Waals surface area contributed by atoms with Gasteiger partial charge in [-0.05, 0) is 42.4 Å². The van der Waals surface area contributed by atoms with Gasteiger partial charge in [0.25, 0.3) is 5.56 Å². The Hall–Kier alpha value is -1.12. The number of nitrogens with zero attached hydrogens (tertiary/aromatic N) is 2. The Balaban J connectivity index is 2.29. The van der Waals surface area contributed by atoms with Gasteiger partial charge in [-0.1, -0.05) is 0 Å². The maximum absolute atomic E-state index is 11.8. The van der Waals surface area contributed by atoms with Crippen LogP contribution in [0, 0.1) is 3.57 Å². The largest absolute Gasteiger partial charge is 0.464 e. The first-order valence-corrected chi connectivity index (χ1v) is 6.89. The minimum absolute atomic E-state index is 0.185. The van der Waals surface area contributed by atoms with Gasteiger partial charge in [-0.15, -0.1) is 0 Å². The minimum Gasteiger partial charge on any atom is -0.464 e. The van der Waals surface area contributed by atoms with Gasteiger partial charge in [-0.3, -0.25) is 4.79 Å². The summed E-state index contributed by atoms with van der Waals surface area (Å²) in [5, 5.41) is 0. The van der Waals surface area contributed by atoms with Crippen molar-refractivity contribution in [3.8, 4) is 0 Å². The van der Waals surface area contributed by atoms with Gasteiger partial charge in [0.15, 0.2) is 0 Å². The van der Waals surface area contributed by atoms with Crippen LogP contribution in [0.5, 0.6) is 0 Å². The molecule has 2 heterocycles. The van der Waals surface area contributed by atoms with Crippen molar-refractivity contribution >= 4 is 34.4 Å². The summed E-state index contributed by atoms with van der Waals surface area (Å²) in [7, 11) is 0. The lowest BCUT2D eigenvalue weighted by Gasteiger charge is -2.24. The molecule has 18 heavy (non-hydrogen) atoms. The number of aromatic amines is 1. The molecular formula is C11H14IN3O3. The van der Waals surface area contributed by atoms with E-state index >= 15 is 0 Å². The lowest BCUT2D eigenvalue weighted by atomic mass is 10.2. The van der Waals surface area contributed by atoms with E-state index < -0.39 is 0 Å². The smallest absolute Gasteiger partial charge is 0.328 e. The van der Waals surface area contributed by atoms with E-state index in [0.717, 1.165) is 19.4 Å². The third-order valence-corrected chi connectivity index (χ3v) is 3.83. The van der Waals surface area contributed by atoms with Crippen molar-refractivity contribution in [3.63, 3.8) is 0 Å². The molecule has 0 amide bonds. The summed E-state index contributed by atoms with van der Waals surface area (Å²) in [4.78, 5) is 31.9. The molecular weight excluding hydrogens is 349 g/mol. The zero-order valence-corrected chi connectivity index (χ0v) is 12.1. The number of carbonyl (C=O) groups is 1. The summed E-state index contributed by atoms with van der Waals surface area (Å²) in [6, 6.07) is -0.326. The molecule has 7 heteroatoms. The SMILES string of the molecule is CCOC(=O)C1CCCN1c1nc[nH]c(=O)c1I. The summed E-state index contributed by atoms with van der Waals surface area (Å²) in [6.07, 6.45) is 3.00. The second kappa shape index (κ2) is 5.68. The van der Waals surface area contributed by atoms with Crippen molar-refractivity contribution in [3.05, 3.63) is 20.3 Å². The molecule has 6 nitrogen and oxygen atoms in total. The number of nitrogens with one attached hydrogen (secondary N) is 1. The van der Waals surface area contributed by atoms with Gasteiger partial charge in [0.2, 0.25) is 0 Å². The van der Waals surface area contributed by atoms with Crippen LogP contribution in [0.2, 0.25) is 0 Å². The fourth-order valence-corrected chi connectivity index (χ4v) is 2.68. The number of ether oxygens (including phenoxy) is 1. The Kier molecular flexibility index (Phi) is 4.20. The second-order valence-corrected chi connectivity index (χ2v) is 5.05. The van der Waals surface area contributed by atoms with Gasteiger partial charge in [-0.2, -0.15) is 0 Å². The van der Waals surface area contributed by atoms with Crippen molar-refractivity contribution in [1.29, 1.82) is 0 Å². The molecule has 0 radical (unpaired) electrons. The molecule has 1 fully saturated rings. The van der Waals surface area contributed by atoms with Crippen LogP contribution >= 0.6 is 22.6 Å². The van der Waals surface area contributed by atoms with Crippen LogP contribution in [0.1, 0.15) is 19.8 Å². The number of esters is 1. The molecule has 98 valence electrons. The molecule has 1 aliphatic heterocycles. The first kappa shape index (κ1) is 13.3. The highest BCUT2D eigenvalue weighted by Crippen LogP contribution is 2.26. The molecule has 1 aromatic heterocycles. The molecule has 1 N–H and O–H groups in total. The standard InChI is InChI=1S/C11H14IN3O3/c1-2-18-11(17)7-4-3-5-15(7)9-8(12)10(16)14-6-13-9/h6-7H,2-5H2,1H3,(H,13,14,16). The van der Waals surface area contributed by atoms with Crippen LogP contribution in [0.3, 0.4) is 0 Å². The van der Waals surface area contributed by atoms with Gasteiger partial charge in [0, 0.05) is 6.54 Å². The van der Waals surface area contributed by atoms with Crippen LogP contribution in [0.15, 0.2) is 11.1 Å². The highest BCUT2D eigenvalue weighted by molar-refractivity contribution is 14.1. The monoisotopic (exact) mass is 363 g/mol. The highest BCUT2D eigenvalue weighted by atomic mass is 127. The highest BCUT2D eigenvalue weighted by Gasteiger charge is 2.34. The molecule has 1 aromatic rings. The van der Waals surface area contributed by atoms with E-state index in [1.807, 2.05) is 27.5 Å². The van der Waals surface area contributed by atoms with Crippen LogP contribution in [0.25, 0.3) is 0 Å². The molecule has 0 bridgehead atoms. The number of carbonyl (C=O) groups excluding carboxylic acids is 1. The topological polar surface area (TPSA) is 75.3 Å². The van der Waals surface area contributed by atoms with Gasteiger partial charge >= 0.3 is 5.97 Å². The number of H-pyrrole nitrogens is 1. The third-order valence-electron chi connectivity index (χ3n) is 2.86. The zero-order chi connectivity index (χ0) is 13.1. The number of hydrogen-bond acceptors (Lipinski definition) is 5. The average Bonchev–Trinajstić information content (AvgIpc) is 2.82. The Morgan fingerprint density at radius 1 is 1.72 bits per heavy atom. The van der Waals surface area contributed by atoms with E-state index in [9.17, 15) is 9.59 Å². The van der Waals surface area contributed by atoms with Crippen molar-refractivity contribution in [1.82, 2.24) is 9.97 Å². The van der Waals surface area contributed by atoms with Crippen molar-refractivity contribution < 1.29 is 9.53 Å². The fourth-order valence-electron chi connectivity index (χ4n) is 2.08. The number of rotatable bonds is 3. The van der Waals surface area contributed by atoms with Crippen molar-refractivity contribution in [2.45, 2.75) is 25.8 Å². The summed E-state index contributed by atoms with van der Waals surface area (Å²) < 4.78 is 5.56. The van der Waals surface area contributed by atoms with Crippen LogP contribution in [0.4, 0.5) is 5.82 Å². The average molecular weight is 363 g/mol. The van der Waals surface area contributed by atoms with Gasteiger partial charge in [0.05, 0.1) is 12.9 Å². The van der Waals surface area contributed by atoms with E-state index in [2.05, 4.69) is 9.97 Å². The lowest BCUT2D eigenvalue weighted by Crippen LogP contribution is -2.39. The summed E-state index contributed by atoms with van der Waals surface area (Å²) in [5.41, 5.74) is -0.185. The van der Waals surface area contributed by atoms with Gasteiger partial charge in [0.1, 0.15) is 15.4 Å². The zero-order valence-electron chi connectivity index (χ0n) is 9.98. The van der Waals surface area contributed by atoms with Gasteiger partial charge in [-0.25, -0.2) is 9.78 Å². The Morgan fingerprint density at radius 3 is 3.22 bits per heavy atom. The quantitative estimate of drug-likeness (QED) is 0.638. The van der Waals surface area contributed by atoms with E-state index in [4.69, 9.17) is 4.74 Å². The summed E-state index contributed by atoms with van der Waals surface area (Å²) in [5.74, 6) is 0.322. The normalized spacial score (nSPS) is 19.0. The van der Waals surface area contributed by atoms with Crippen molar-refractivity contribution in [2.24, 2.45) is 0 Å². The third kappa shape index (κ3) is 2.50. The fraction of sp³-hybridized carbons (Fsp3) is 0.545. The predicted molar refractivity (Wildman–Crippen MR) is 74.6 cm³/mol. The Labute approximate surface area is 118 Å². The van der Waals surface area contributed by atoms with E-state index in [-0.39, 0.29) is 17.6 Å². The number of hydrogen-bond donors (Lipinski definition) is 1. The lowest BCUT2D eigenvalue weighted by molar-refractivity contribution is -0.144. The Morgan fingerprint density at radius 2 is 2.50 bits per heavy atom. The first-order valence-electron chi connectivity index (χ1n) is 5.81. The van der Waals surface area contributed by atoms with Gasteiger partial charge < -0.3 is 14.6 Å². The molecule has 0 aliphatic carbocycles. The number of halogens is 1. The van der Waals surface area contributed by atoms with Crippen LogP contribution < -0.4 is 10.5 Å². The Bertz CT molecular complexity index is 503. The second-order valence-electron chi connectivity index (χ2n) is 3.97. The van der Waals surface area contributed by atoms with Crippen molar-refractivity contribution in [2.75, 3.05) is 18.1 Å². The van der Waals surface area contributed by atoms with E-state index in [1.165, 1.54) is 6.33 Å². The van der Waals surface area contributed by atoms with Crippen LogP contribution in [-0.4, -0.2) is 35.1 Å². The maximum Gasteiger partial charge on any atom is 0.328 e. The number of anilines is 1. The molecule has 1 aliphatic rings. The number of aromatic nitrogens is 2. The van der Waals surface area contributed by atoms with E-state index in [1.54, 1.807) is 6.92 Å². The summed E-state index contributed by atoms with van der Waals surface area (Å²) >= 11 is 1.95.